The molecule has 50 nitrogen and oxygen atoms in total. The molecule has 95 heavy (non-hydrogen) atoms. The van der Waals surface area contributed by atoms with Crippen molar-refractivity contribution in [3.05, 3.63) is 0 Å². The first kappa shape index (κ1) is 86.7. The SMILES string of the molecule is CNC1[C@H](OC2[C@H](OC3[C@@H](N=C(N)N)C(O)C(N=C(N)N)[C@H](O)[C@@H]3O)O[C@@H](C)[C@@]2(O)CO)OC(CO)[C@H](O)[C@@H]1O.CNC1[C@H](OC2[C@H](OC3[C@@H](N=C(N)N)C(O)C(N=C(N)N)[C@H](O)[C@@H]3O)O[C@@H](C)[C@@]2(O)CO)OC(CO)[C@H](O)[C@@H]1O.O=S(=O)(O)O.O=S(=O)(O)O.O=S(=O)(O)O. The van der Waals surface area contributed by atoms with Crippen LogP contribution in [0, 0.1) is 0 Å². The Morgan fingerprint density at radius 2 is 0.653 bits per heavy atom. The highest BCUT2D eigenvalue weighted by Gasteiger charge is 2.63. The van der Waals surface area contributed by atoms with Crippen LogP contribution in [-0.2, 0) is 69.1 Å². The lowest BCUT2D eigenvalue weighted by Gasteiger charge is -2.45. The standard InChI is InChI=1S/2C21H41N7O12.3H2O4S/c2*1-5-21(36,4-30)16(40-17-9(26-2)13(34)10(31)6(3-29)38-17)18(37-5)39-15-8(28-20(24)25)11(32)7(27-19(22)23)12(33)14(15)35;3*1-5(2,3)4/h2*5-18,26,29-36H,3-4H2,1-2H3,(H4,22,23,27)(H4,24,25,28);3*(H2,1,2,3,4)/t2*5-,6?,7?,8-,9?,10-,11?,12-,13+,14-,15?,16?,17-,18-,21-;;;/m00.../s1. The molecule has 0 radical (unpaired) electrons. The summed E-state index contributed by atoms with van der Waals surface area (Å²) in [5.41, 5.74) is 39.3. The number of aliphatic hydroxyl groups is 16. The summed E-state index contributed by atoms with van der Waals surface area (Å²) < 4.78 is 141. The van der Waals surface area contributed by atoms with E-state index in [1.165, 1.54) is 27.9 Å². The molecule has 0 aromatic rings. The van der Waals surface area contributed by atoms with E-state index >= 15 is 0 Å². The van der Waals surface area contributed by atoms with Gasteiger partial charge < -0.3 is 176 Å². The van der Waals surface area contributed by atoms with E-state index in [9.17, 15) is 81.7 Å². The van der Waals surface area contributed by atoms with Gasteiger partial charge in [0.2, 0.25) is 0 Å². The van der Waals surface area contributed by atoms with E-state index in [2.05, 4.69) is 30.6 Å². The molecule has 2 aliphatic carbocycles. The molecule has 0 aromatic carbocycles. The number of guanidine groups is 4. The van der Waals surface area contributed by atoms with E-state index in [-0.39, 0.29) is 0 Å². The van der Waals surface area contributed by atoms with Gasteiger partial charge in [-0.1, -0.05) is 0 Å². The topological polar surface area (TPSA) is 903 Å². The molecule has 0 aromatic heterocycles. The van der Waals surface area contributed by atoms with Crippen molar-refractivity contribution in [1.82, 2.24) is 10.6 Å². The Morgan fingerprint density at radius 3 is 0.874 bits per heavy atom. The van der Waals surface area contributed by atoms with Crippen molar-refractivity contribution < 1.29 is 172 Å². The molecule has 53 heteroatoms. The second-order valence-corrected chi connectivity index (χ2v) is 24.1. The molecule has 4 aliphatic heterocycles. The van der Waals surface area contributed by atoms with Crippen molar-refractivity contribution in [2.75, 3.05) is 40.5 Å². The molecule has 0 spiro atoms. The Bertz CT molecular complexity index is 2620. The summed E-state index contributed by atoms with van der Waals surface area (Å²) in [7, 11) is -11.1. The molecule has 0 amide bonds. The number of nitrogens with zero attached hydrogens (tertiary/aromatic N) is 4. The molecular weight excluding hydrogens is 1370 g/mol. The van der Waals surface area contributed by atoms with Crippen LogP contribution in [0.15, 0.2) is 20.0 Å². The van der Waals surface area contributed by atoms with Crippen LogP contribution in [-0.4, -0.2) is 381 Å². The minimum atomic E-state index is -4.67. The normalized spacial score (nSPS) is 41.9. The maximum absolute atomic E-state index is 11.3. The van der Waals surface area contributed by atoms with Crippen LogP contribution in [0.5, 0.6) is 0 Å². The number of ether oxygens (including phenoxy) is 8. The maximum Gasteiger partial charge on any atom is 0.394 e. The van der Waals surface area contributed by atoms with Gasteiger partial charge in [0, 0.05) is 0 Å². The van der Waals surface area contributed by atoms with Crippen LogP contribution in [0.4, 0.5) is 0 Å². The van der Waals surface area contributed by atoms with Crippen molar-refractivity contribution in [2.24, 2.45) is 65.8 Å². The number of nitrogens with two attached hydrogens (primary N) is 8. The average Bonchev–Trinajstić information content (AvgIpc) is 1.69. The Kier molecular flexibility index (Phi) is 33.0. The molecule has 560 valence electrons. The van der Waals surface area contributed by atoms with Crippen LogP contribution < -0.4 is 56.5 Å². The number of rotatable bonds is 18. The third-order valence-electron chi connectivity index (χ3n) is 15.0. The second-order valence-electron chi connectivity index (χ2n) is 21.4. The van der Waals surface area contributed by atoms with Crippen molar-refractivity contribution in [3.8, 4) is 0 Å². The van der Waals surface area contributed by atoms with Crippen molar-refractivity contribution in [3.63, 3.8) is 0 Å². The zero-order valence-corrected chi connectivity index (χ0v) is 52.6. The number of aliphatic imine (C=N–C) groups is 4. The molecule has 4 heterocycles. The summed E-state index contributed by atoms with van der Waals surface area (Å²) in [6.45, 7) is -0.397. The van der Waals surface area contributed by atoms with Gasteiger partial charge in [-0.15, -0.1) is 0 Å². The van der Waals surface area contributed by atoms with Crippen molar-refractivity contribution in [1.29, 1.82) is 0 Å². The number of hydrogen-bond donors (Lipinski definition) is 32. The van der Waals surface area contributed by atoms with Gasteiger partial charge in [0.1, 0.15) is 133 Å². The predicted octanol–water partition coefficient (Wildman–Crippen LogP) is -18.7. The minimum absolute atomic E-state index is 0.493. The van der Waals surface area contributed by atoms with Gasteiger partial charge in [0.25, 0.3) is 0 Å². The molecule has 12 unspecified atom stereocenters. The van der Waals surface area contributed by atoms with Crippen molar-refractivity contribution >= 4 is 55.0 Å². The maximum atomic E-state index is 11.3. The highest BCUT2D eigenvalue weighted by molar-refractivity contribution is 7.80. The van der Waals surface area contributed by atoms with E-state index in [1.807, 2.05) is 0 Å². The zero-order valence-electron chi connectivity index (χ0n) is 50.2. The van der Waals surface area contributed by atoms with Crippen LogP contribution >= 0.6 is 0 Å². The third kappa shape index (κ3) is 23.9. The van der Waals surface area contributed by atoms with Crippen LogP contribution in [0.25, 0.3) is 0 Å². The summed E-state index contributed by atoms with van der Waals surface area (Å²) >= 11 is 0. The van der Waals surface area contributed by atoms with Crippen LogP contribution in [0.2, 0.25) is 0 Å². The molecular formula is C42H88N14O36S3. The fourth-order valence-corrected chi connectivity index (χ4v) is 10.3. The molecule has 30 atom stereocenters. The molecule has 4 saturated heterocycles. The Hall–Kier alpha value is -4.35. The van der Waals surface area contributed by atoms with E-state index in [0.29, 0.717) is 0 Å². The van der Waals surface area contributed by atoms with Gasteiger partial charge >= 0.3 is 31.2 Å². The molecule has 6 aliphatic rings. The number of aliphatic hydroxyl groups excluding tert-OH is 14. The fourth-order valence-electron chi connectivity index (χ4n) is 10.3. The minimum Gasteiger partial charge on any atom is -0.394 e. The van der Waals surface area contributed by atoms with E-state index in [1.54, 1.807) is 0 Å². The van der Waals surface area contributed by atoms with Gasteiger partial charge in [0.15, 0.2) is 49.0 Å². The fraction of sp³-hybridized carbons (Fsp3) is 0.905. The first-order valence-corrected chi connectivity index (χ1v) is 31.3. The van der Waals surface area contributed by atoms with Gasteiger partial charge in [-0.05, 0) is 27.9 Å². The van der Waals surface area contributed by atoms with Crippen LogP contribution in [0.1, 0.15) is 13.8 Å². The van der Waals surface area contributed by atoms with E-state index in [4.69, 9.17) is 136 Å². The zero-order chi connectivity index (χ0) is 73.7. The monoisotopic (exact) mass is 1460 g/mol. The van der Waals surface area contributed by atoms with Crippen LogP contribution in [0.3, 0.4) is 0 Å². The second kappa shape index (κ2) is 36.1. The Balaban J connectivity index is 0.000000531. The number of nitrogens with one attached hydrogen (secondary N) is 2. The number of hydrogen-bond acceptors (Lipinski definition) is 36. The van der Waals surface area contributed by atoms with Gasteiger partial charge in [-0.3, -0.25) is 27.3 Å². The molecule has 2 saturated carbocycles. The summed E-state index contributed by atoms with van der Waals surface area (Å²) in [5, 5.41) is 174. The largest absolute Gasteiger partial charge is 0.394 e. The van der Waals surface area contributed by atoms with Crippen molar-refractivity contribution in [2.45, 2.75) is 196 Å². The smallest absolute Gasteiger partial charge is 0.394 e. The summed E-state index contributed by atoms with van der Waals surface area (Å²) in [4.78, 5) is 15.3. The average molecular weight is 1460 g/mol. The molecule has 0 bridgehead atoms. The third-order valence-corrected chi connectivity index (χ3v) is 15.0. The number of likely N-dealkylation sites (N-methyl/N-ethyl adjacent to an activating group) is 2. The summed E-state index contributed by atoms with van der Waals surface area (Å²) in [6.07, 6.45) is -33.9. The lowest BCUT2D eigenvalue weighted by atomic mass is 9.81. The van der Waals surface area contributed by atoms with Gasteiger partial charge in [-0.2, -0.15) is 25.3 Å². The highest BCUT2D eigenvalue weighted by atomic mass is 32.3. The Labute approximate surface area is 539 Å². The first-order chi connectivity index (χ1) is 43.4. The summed E-state index contributed by atoms with van der Waals surface area (Å²) in [5.74, 6) is -2.01. The Morgan fingerprint density at radius 1 is 0.400 bits per heavy atom. The lowest BCUT2D eigenvalue weighted by Crippen LogP contribution is -2.66. The molecule has 6 rings (SSSR count). The molecule has 6 fully saturated rings. The van der Waals surface area contributed by atoms with E-state index in [0.717, 1.165) is 0 Å². The predicted molar refractivity (Wildman–Crippen MR) is 310 cm³/mol. The summed E-state index contributed by atoms with van der Waals surface area (Å²) in [6, 6.07) is -8.01. The first-order valence-electron chi connectivity index (χ1n) is 27.1. The van der Waals surface area contributed by atoms with Gasteiger partial charge in [0.05, 0.1) is 50.7 Å². The van der Waals surface area contributed by atoms with E-state index < -0.39 is 264 Å². The quantitative estimate of drug-likeness (QED) is 0.0344. The van der Waals surface area contributed by atoms with Gasteiger partial charge in [-0.25, -0.2) is 20.0 Å². The highest BCUT2D eigenvalue weighted by Crippen LogP contribution is 2.41. The lowest BCUT2D eigenvalue weighted by molar-refractivity contribution is -0.317. The molecule has 40 N–H and O–H groups in total.